The highest BCUT2D eigenvalue weighted by Crippen LogP contribution is 2.08. The Bertz CT molecular complexity index is 494. The molecule has 0 aliphatic rings. The van der Waals surface area contributed by atoms with Gasteiger partial charge < -0.3 is 9.84 Å². The molecule has 86 valence electrons. The summed E-state index contributed by atoms with van der Waals surface area (Å²) in [5.41, 5.74) is 1.10. The molecule has 2 rings (SSSR count). The molecular weight excluding hydrogens is 218 g/mol. The number of esters is 1. The minimum absolute atomic E-state index is 0.0182. The minimum Gasteiger partial charge on any atom is -0.506 e. The van der Waals surface area contributed by atoms with Crippen LogP contribution < -0.4 is 0 Å². The number of aromatic nitrogens is 1. The lowest BCUT2D eigenvalue weighted by atomic mass is 10.2. The van der Waals surface area contributed by atoms with Crippen LogP contribution in [0.3, 0.4) is 0 Å². The molecule has 4 heteroatoms. The number of rotatable bonds is 3. The van der Waals surface area contributed by atoms with Crippen LogP contribution in [0.25, 0.3) is 0 Å². The number of ether oxygens (including phenoxy) is 1. The summed E-state index contributed by atoms with van der Waals surface area (Å²) in [6, 6.07) is 12.2. The first kappa shape index (κ1) is 11.1. The van der Waals surface area contributed by atoms with Crippen molar-refractivity contribution in [2.75, 3.05) is 0 Å². The van der Waals surface area contributed by atoms with Gasteiger partial charge in [0.15, 0.2) is 0 Å². The topological polar surface area (TPSA) is 59.4 Å². The monoisotopic (exact) mass is 229 g/mol. The maximum atomic E-state index is 11.6. The van der Waals surface area contributed by atoms with E-state index in [1.165, 1.54) is 18.3 Å². The third-order valence-corrected chi connectivity index (χ3v) is 2.17. The van der Waals surface area contributed by atoms with Gasteiger partial charge in [0, 0.05) is 0 Å². The van der Waals surface area contributed by atoms with Crippen LogP contribution in [0.5, 0.6) is 5.75 Å². The Morgan fingerprint density at radius 1 is 1.18 bits per heavy atom. The van der Waals surface area contributed by atoms with Gasteiger partial charge in [-0.2, -0.15) is 0 Å². The van der Waals surface area contributed by atoms with Crippen LogP contribution in [0.4, 0.5) is 0 Å². The molecule has 0 atom stereocenters. The number of benzene rings is 1. The van der Waals surface area contributed by atoms with Crippen LogP contribution >= 0.6 is 0 Å². The number of pyridine rings is 1. The Balaban J connectivity index is 1.96. The van der Waals surface area contributed by atoms with Gasteiger partial charge in [0.05, 0.1) is 6.20 Å². The molecule has 2 aromatic rings. The molecule has 0 aliphatic carbocycles. The van der Waals surface area contributed by atoms with E-state index in [1.807, 2.05) is 30.3 Å². The van der Waals surface area contributed by atoms with E-state index < -0.39 is 5.97 Å². The highest BCUT2D eigenvalue weighted by molar-refractivity contribution is 5.87. The zero-order chi connectivity index (χ0) is 12.1. The summed E-state index contributed by atoms with van der Waals surface area (Å²) < 4.78 is 5.07. The van der Waals surface area contributed by atoms with Crippen molar-refractivity contribution < 1.29 is 14.6 Å². The van der Waals surface area contributed by atoms with E-state index in [-0.39, 0.29) is 18.1 Å². The summed E-state index contributed by atoms with van der Waals surface area (Å²) in [5, 5.41) is 9.03. The molecule has 1 aromatic carbocycles. The van der Waals surface area contributed by atoms with Gasteiger partial charge in [0.2, 0.25) is 0 Å². The zero-order valence-corrected chi connectivity index (χ0v) is 9.04. The van der Waals surface area contributed by atoms with Gasteiger partial charge >= 0.3 is 5.97 Å². The first-order valence-corrected chi connectivity index (χ1v) is 5.12. The summed E-state index contributed by atoms with van der Waals surface area (Å²) in [6.45, 7) is 0.211. The summed E-state index contributed by atoms with van der Waals surface area (Å²) in [7, 11) is 0. The number of nitrogens with zero attached hydrogens (tertiary/aromatic N) is 1. The van der Waals surface area contributed by atoms with E-state index in [0.29, 0.717) is 0 Å². The first-order chi connectivity index (χ1) is 8.25. The van der Waals surface area contributed by atoms with Gasteiger partial charge in [-0.3, -0.25) is 0 Å². The molecule has 0 fully saturated rings. The highest BCUT2D eigenvalue weighted by Gasteiger charge is 2.08. The van der Waals surface area contributed by atoms with E-state index in [2.05, 4.69) is 4.98 Å². The number of carbonyl (C=O) groups excluding carboxylic acids is 1. The second kappa shape index (κ2) is 5.12. The molecule has 17 heavy (non-hydrogen) atoms. The molecule has 1 aromatic heterocycles. The van der Waals surface area contributed by atoms with Crippen LogP contribution in [0.1, 0.15) is 16.1 Å². The Morgan fingerprint density at radius 2 is 1.94 bits per heavy atom. The standard InChI is InChI=1S/C13H11NO3/c15-11-6-7-12(14-8-11)13(16)17-9-10-4-2-1-3-5-10/h1-8,15H,9H2. The average molecular weight is 229 g/mol. The lowest BCUT2D eigenvalue weighted by Crippen LogP contribution is -2.06. The quantitative estimate of drug-likeness (QED) is 0.819. The smallest absolute Gasteiger partial charge is 0.357 e. The zero-order valence-electron chi connectivity index (χ0n) is 9.04. The molecule has 0 saturated heterocycles. The molecule has 0 spiro atoms. The third kappa shape index (κ3) is 3.04. The van der Waals surface area contributed by atoms with Crippen LogP contribution in [0.2, 0.25) is 0 Å². The number of carbonyl (C=O) groups is 1. The fourth-order valence-corrected chi connectivity index (χ4v) is 1.30. The molecule has 0 saturated carbocycles. The maximum absolute atomic E-state index is 11.6. The molecular formula is C13H11NO3. The van der Waals surface area contributed by atoms with E-state index >= 15 is 0 Å². The summed E-state index contributed by atoms with van der Waals surface area (Å²) in [6.07, 6.45) is 1.21. The largest absolute Gasteiger partial charge is 0.506 e. The van der Waals surface area contributed by atoms with Crippen molar-refractivity contribution in [1.82, 2.24) is 4.98 Å². The molecule has 0 radical (unpaired) electrons. The normalized spacial score (nSPS) is 9.88. The van der Waals surface area contributed by atoms with E-state index in [1.54, 1.807) is 0 Å². The third-order valence-electron chi connectivity index (χ3n) is 2.17. The van der Waals surface area contributed by atoms with Crippen molar-refractivity contribution in [2.45, 2.75) is 6.61 Å². The molecule has 1 heterocycles. The molecule has 0 bridgehead atoms. The lowest BCUT2D eigenvalue weighted by Gasteiger charge is -2.04. The van der Waals surface area contributed by atoms with Crippen molar-refractivity contribution in [3.63, 3.8) is 0 Å². The van der Waals surface area contributed by atoms with Crippen LogP contribution in [0, 0.1) is 0 Å². The first-order valence-electron chi connectivity index (χ1n) is 5.12. The summed E-state index contributed by atoms with van der Waals surface area (Å²) in [4.78, 5) is 15.3. The van der Waals surface area contributed by atoms with Gasteiger partial charge in [-0.15, -0.1) is 0 Å². The van der Waals surface area contributed by atoms with Crippen molar-refractivity contribution in [3.8, 4) is 5.75 Å². The van der Waals surface area contributed by atoms with Crippen molar-refractivity contribution in [2.24, 2.45) is 0 Å². The average Bonchev–Trinajstić information content (AvgIpc) is 2.38. The number of hydrogen-bond donors (Lipinski definition) is 1. The predicted molar refractivity (Wildman–Crippen MR) is 61.5 cm³/mol. The van der Waals surface area contributed by atoms with Crippen LogP contribution in [0.15, 0.2) is 48.7 Å². The van der Waals surface area contributed by atoms with Gasteiger partial charge in [0.1, 0.15) is 18.1 Å². The van der Waals surface area contributed by atoms with E-state index in [4.69, 9.17) is 9.84 Å². The molecule has 1 N–H and O–H groups in total. The van der Waals surface area contributed by atoms with Gasteiger partial charge in [-0.05, 0) is 17.7 Å². The summed E-state index contributed by atoms with van der Waals surface area (Å²) >= 11 is 0. The molecule has 0 amide bonds. The SMILES string of the molecule is O=C(OCc1ccccc1)c1ccc(O)cn1. The molecule has 0 unspecified atom stereocenters. The lowest BCUT2D eigenvalue weighted by molar-refractivity contribution is 0.0465. The van der Waals surface area contributed by atoms with Crippen molar-refractivity contribution >= 4 is 5.97 Å². The fraction of sp³-hybridized carbons (Fsp3) is 0.0769. The minimum atomic E-state index is -0.506. The summed E-state index contributed by atoms with van der Waals surface area (Å²) in [5.74, 6) is -0.488. The van der Waals surface area contributed by atoms with Gasteiger partial charge in [-0.25, -0.2) is 9.78 Å². The number of aromatic hydroxyl groups is 1. The van der Waals surface area contributed by atoms with E-state index in [9.17, 15) is 4.79 Å². The van der Waals surface area contributed by atoms with Crippen molar-refractivity contribution in [1.29, 1.82) is 0 Å². The highest BCUT2D eigenvalue weighted by atomic mass is 16.5. The predicted octanol–water partition coefficient (Wildman–Crippen LogP) is 2.14. The molecule has 0 aliphatic heterocycles. The Kier molecular flexibility index (Phi) is 3.35. The fourth-order valence-electron chi connectivity index (χ4n) is 1.30. The van der Waals surface area contributed by atoms with Crippen LogP contribution in [-0.2, 0) is 11.3 Å². The van der Waals surface area contributed by atoms with Crippen LogP contribution in [-0.4, -0.2) is 16.1 Å². The second-order valence-corrected chi connectivity index (χ2v) is 3.46. The van der Waals surface area contributed by atoms with Gasteiger partial charge in [0.25, 0.3) is 0 Å². The number of hydrogen-bond acceptors (Lipinski definition) is 4. The second-order valence-electron chi connectivity index (χ2n) is 3.46. The van der Waals surface area contributed by atoms with E-state index in [0.717, 1.165) is 5.56 Å². The Labute approximate surface area is 98.5 Å². The van der Waals surface area contributed by atoms with Crippen molar-refractivity contribution in [3.05, 3.63) is 59.9 Å². The Hall–Kier alpha value is -2.36. The maximum Gasteiger partial charge on any atom is 0.357 e. The molecule has 4 nitrogen and oxygen atoms in total. The Morgan fingerprint density at radius 3 is 2.59 bits per heavy atom. The van der Waals surface area contributed by atoms with Gasteiger partial charge in [-0.1, -0.05) is 30.3 Å².